The van der Waals surface area contributed by atoms with Crippen LogP contribution in [0.2, 0.25) is 0 Å². The highest BCUT2D eigenvalue weighted by Gasteiger charge is 2.45. The van der Waals surface area contributed by atoms with Crippen molar-refractivity contribution in [2.45, 2.75) is 62.7 Å². The van der Waals surface area contributed by atoms with Crippen LogP contribution in [0.3, 0.4) is 0 Å². The van der Waals surface area contributed by atoms with Crippen molar-refractivity contribution in [3.63, 3.8) is 0 Å². The average Bonchev–Trinajstić information content (AvgIpc) is 2.38. The largest absolute Gasteiger partial charge is 0.462 e. The second-order valence-electron chi connectivity index (χ2n) is 5.20. The van der Waals surface area contributed by atoms with Crippen LogP contribution in [0, 0.1) is 0 Å². The van der Waals surface area contributed by atoms with E-state index in [0.29, 0.717) is 6.42 Å². The Morgan fingerprint density at radius 2 is 1.95 bits per heavy atom. The van der Waals surface area contributed by atoms with E-state index < -0.39 is 49.4 Å². The van der Waals surface area contributed by atoms with E-state index in [0.717, 1.165) is 0 Å². The Hall–Kier alpha value is -0.770. The van der Waals surface area contributed by atoms with Crippen molar-refractivity contribution in [1.82, 2.24) is 0 Å². The highest BCUT2D eigenvalue weighted by molar-refractivity contribution is 5.70. The monoisotopic (exact) mass is 292 g/mol. The number of hydrogen-bond donors (Lipinski definition) is 4. The molecule has 2 heterocycles. The summed E-state index contributed by atoms with van der Waals surface area (Å²) in [7, 11) is 0. The highest BCUT2D eigenvalue weighted by atomic mass is 16.7. The number of esters is 1. The van der Waals surface area contributed by atoms with Crippen LogP contribution < -0.4 is 0 Å². The molecule has 0 unspecified atom stereocenters. The van der Waals surface area contributed by atoms with E-state index in [1.54, 1.807) is 6.92 Å². The molecule has 4 N–H and O–H groups in total. The fourth-order valence-corrected chi connectivity index (χ4v) is 2.43. The summed E-state index contributed by atoms with van der Waals surface area (Å²) in [5.41, 5.74) is 0. The molecule has 8 heteroatoms. The molecule has 116 valence electrons. The molecule has 2 fully saturated rings. The minimum atomic E-state index is -1.49. The molecule has 7 atom stereocenters. The minimum absolute atomic E-state index is 0.0271. The van der Waals surface area contributed by atoms with Gasteiger partial charge in [0, 0.05) is 6.42 Å². The van der Waals surface area contributed by atoms with Gasteiger partial charge in [0.1, 0.15) is 30.5 Å². The van der Waals surface area contributed by atoms with E-state index in [4.69, 9.17) is 19.3 Å². The van der Waals surface area contributed by atoms with Gasteiger partial charge in [-0.2, -0.15) is 0 Å². The Kier molecular flexibility index (Phi) is 4.95. The lowest BCUT2D eigenvalue weighted by Crippen LogP contribution is -2.60. The number of rotatable bonds is 3. The molecule has 2 rings (SSSR count). The van der Waals surface area contributed by atoms with Crippen molar-refractivity contribution in [3.8, 4) is 0 Å². The van der Waals surface area contributed by atoms with Crippen molar-refractivity contribution in [2.24, 2.45) is 0 Å². The second kappa shape index (κ2) is 6.33. The normalized spacial score (nSPS) is 46.0. The number of carbonyl (C=O) groups is 1. The van der Waals surface area contributed by atoms with Gasteiger partial charge in [-0.1, -0.05) is 0 Å². The molecular weight excluding hydrogens is 272 g/mol. The summed E-state index contributed by atoms with van der Waals surface area (Å²) in [5.74, 6) is -0.404. The first kappa shape index (κ1) is 15.6. The topological polar surface area (TPSA) is 126 Å². The van der Waals surface area contributed by atoms with Gasteiger partial charge in [0.15, 0.2) is 6.29 Å². The van der Waals surface area contributed by atoms with Crippen LogP contribution in [-0.4, -0.2) is 75.9 Å². The zero-order valence-corrected chi connectivity index (χ0v) is 11.1. The molecule has 0 spiro atoms. The first-order chi connectivity index (χ1) is 9.42. The summed E-state index contributed by atoms with van der Waals surface area (Å²) in [6, 6.07) is 0. The summed E-state index contributed by atoms with van der Waals surface area (Å²) in [4.78, 5) is 11.3. The van der Waals surface area contributed by atoms with Gasteiger partial charge in [0.2, 0.25) is 0 Å². The number of hydrogen-bond acceptors (Lipinski definition) is 8. The van der Waals surface area contributed by atoms with Crippen LogP contribution in [0.4, 0.5) is 0 Å². The molecule has 0 bridgehead atoms. The maximum absolute atomic E-state index is 11.3. The number of carbonyl (C=O) groups excluding carboxylic acids is 1. The van der Waals surface area contributed by atoms with Crippen molar-refractivity contribution >= 4 is 5.97 Å². The first-order valence-corrected chi connectivity index (χ1v) is 6.57. The Bertz CT molecular complexity index is 346. The number of aliphatic hydroxyl groups excluding tert-OH is 4. The quantitative estimate of drug-likeness (QED) is 0.436. The summed E-state index contributed by atoms with van der Waals surface area (Å²) in [5, 5.41) is 38.2. The lowest BCUT2D eigenvalue weighted by Gasteiger charge is -2.41. The van der Waals surface area contributed by atoms with E-state index >= 15 is 0 Å². The number of aliphatic hydroxyl groups is 4. The van der Waals surface area contributed by atoms with Crippen molar-refractivity contribution in [1.29, 1.82) is 0 Å². The molecule has 8 nitrogen and oxygen atoms in total. The van der Waals surface area contributed by atoms with Gasteiger partial charge >= 0.3 is 5.97 Å². The summed E-state index contributed by atoms with van der Waals surface area (Å²) < 4.78 is 15.7. The Balaban J connectivity index is 1.98. The molecule has 0 saturated carbocycles. The molecule has 2 aliphatic rings. The molecule has 0 aromatic heterocycles. The van der Waals surface area contributed by atoms with E-state index in [2.05, 4.69) is 0 Å². The van der Waals surface area contributed by atoms with Crippen LogP contribution in [0.15, 0.2) is 0 Å². The van der Waals surface area contributed by atoms with Crippen molar-refractivity contribution < 1.29 is 39.4 Å². The third-order valence-electron chi connectivity index (χ3n) is 3.50. The zero-order valence-electron chi connectivity index (χ0n) is 11.1. The molecular formula is C12H20O8. The van der Waals surface area contributed by atoms with Crippen LogP contribution in [0.25, 0.3) is 0 Å². The zero-order chi connectivity index (χ0) is 14.9. The highest BCUT2D eigenvalue weighted by Crippen LogP contribution is 2.26. The van der Waals surface area contributed by atoms with Gasteiger partial charge in [0.25, 0.3) is 0 Å². The SMILES string of the molecule is C[C@@H]1C[C@@H](O[C@@H]2O[C@H](CO)[C@@H](O)[C@H](O)[C@H]2O)CC(=O)O1. The van der Waals surface area contributed by atoms with Gasteiger partial charge in [-0.3, -0.25) is 4.79 Å². The van der Waals surface area contributed by atoms with Gasteiger partial charge in [-0.25, -0.2) is 0 Å². The number of ether oxygens (including phenoxy) is 3. The van der Waals surface area contributed by atoms with Crippen LogP contribution in [-0.2, 0) is 19.0 Å². The lowest BCUT2D eigenvalue weighted by molar-refractivity contribution is -0.314. The maximum Gasteiger partial charge on any atom is 0.308 e. The van der Waals surface area contributed by atoms with E-state index in [1.165, 1.54) is 0 Å². The lowest BCUT2D eigenvalue weighted by atomic mass is 9.99. The number of cyclic esters (lactones) is 1. The van der Waals surface area contributed by atoms with Crippen LogP contribution in [0.5, 0.6) is 0 Å². The maximum atomic E-state index is 11.3. The minimum Gasteiger partial charge on any atom is -0.462 e. The van der Waals surface area contributed by atoms with E-state index in [-0.39, 0.29) is 12.5 Å². The average molecular weight is 292 g/mol. The molecule has 0 radical (unpaired) electrons. The standard InChI is InChI=1S/C12H20O8/c1-5-2-6(3-8(14)18-5)19-12-11(17)10(16)9(15)7(4-13)20-12/h5-7,9-13,15-17H,2-4H2,1H3/t5-,6-,7-,9-,10+,11-,12-/m1/s1. The Morgan fingerprint density at radius 1 is 1.25 bits per heavy atom. The van der Waals surface area contributed by atoms with Gasteiger partial charge < -0.3 is 34.6 Å². The fourth-order valence-electron chi connectivity index (χ4n) is 2.43. The third-order valence-corrected chi connectivity index (χ3v) is 3.50. The fraction of sp³-hybridized carbons (Fsp3) is 0.917. The smallest absolute Gasteiger partial charge is 0.308 e. The van der Waals surface area contributed by atoms with Gasteiger partial charge in [-0.15, -0.1) is 0 Å². The molecule has 0 aromatic rings. The Morgan fingerprint density at radius 3 is 2.55 bits per heavy atom. The van der Waals surface area contributed by atoms with Crippen molar-refractivity contribution in [2.75, 3.05) is 6.61 Å². The van der Waals surface area contributed by atoms with Crippen molar-refractivity contribution in [3.05, 3.63) is 0 Å². The molecule has 2 saturated heterocycles. The predicted octanol–water partition coefficient (Wildman–Crippen LogP) is -2.10. The molecule has 2 aliphatic heterocycles. The summed E-state index contributed by atoms with van der Waals surface area (Å²) >= 11 is 0. The third kappa shape index (κ3) is 3.27. The molecule has 0 aliphatic carbocycles. The van der Waals surface area contributed by atoms with E-state index in [9.17, 15) is 20.1 Å². The van der Waals surface area contributed by atoms with E-state index in [1.807, 2.05) is 0 Å². The second-order valence-corrected chi connectivity index (χ2v) is 5.20. The summed E-state index contributed by atoms with van der Waals surface area (Å²) in [6.07, 6.45) is -6.94. The van der Waals surface area contributed by atoms with Crippen LogP contribution >= 0.6 is 0 Å². The van der Waals surface area contributed by atoms with Gasteiger partial charge in [0.05, 0.1) is 19.1 Å². The first-order valence-electron chi connectivity index (χ1n) is 6.57. The van der Waals surface area contributed by atoms with Gasteiger partial charge in [-0.05, 0) is 6.92 Å². The molecule has 0 amide bonds. The van der Waals surface area contributed by atoms with Crippen LogP contribution in [0.1, 0.15) is 19.8 Å². The molecule has 20 heavy (non-hydrogen) atoms. The molecule has 0 aromatic carbocycles. The predicted molar refractivity (Wildman–Crippen MR) is 63.4 cm³/mol. The Labute approximate surface area is 115 Å². The summed E-state index contributed by atoms with van der Waals surface area (Å²) in [6.45, 7) is 1.20.